The first-order valence-corrected chi connectivity index (χ1v) is 8.67. The molecule has 0 aliphatic heterocycles. The molecule has 126 valence electrons. The molecule has 2 atom stereocenters. The fourth-order valence-corrected chi connectivity index (χ4v) is 4.49. The van der Waals surface area contributed by atoms with Crippen molar-refractivity contribution in [1.82, 2.24) is 4.90 Å². The smallest absolute Gasteiger partial charge is 0.319 e. The molecule has 0 saturated heterocycles. The van der Waals surface area contributed by atoms with E-state index in [4.69, 9.17) is 4.74 Å². The summed E-state index contributed by atoms with van der Waals surface area (Å²) in [7, 11) is 1.83. The summed E-state index contributed by atoms with van der Waals surface area (Å²) in [4.78, 5) is 14.5. The van der Waals surface area contributed by atoms with Gasteiger partial charge in [-0.3, -0.25) is 4.79 Å². The number of carbonyl (C=O) groups excluding carboxylic acids is 1. The van der Waals surface area contributed by atoms with E-state index in [2.05, 4.69) is 0 Å². The number of pyridine rings is 1. The molecule has 1 heterocycles. The molecule has 2 fully saturated rings. The molecule has 2 aliphatic carbocycles. The zero-order valence-electron chi connectivity index (χ0n) is 14.0. The van der Waals surface area contributed by atoms with Crippen molar-refractivity contribution < 1.29 is 14.3 Å². The Morgan fingerprint density at radius 3 is 2.78 bits per heavy atom. The van der Waals surface area contributed by atoms with Gasteiger partial charge >= 0.3 is 5.91 Å². The van der Waals surface area contributed by atoms with Gasteiger partial charge in [0.05, 0.1) is 6.10 Å². The first-order chi connectivity index (χ1) is 11.1. The molecule has 0 radical (unpaired) electrons. The average molecular weight is 318 g/mol. The second kappa shape index (κ2) is 6.48. The molecule has 23 heavy (non-hydrogen) atoms. The Labute approximate surface area is 137 Å². The van der Waals surface area contributed by atoms with Crippen molar-refractivity contribution >= 4 is 5.91 Å². The molecule has 3 rings (SSSR count). The van der Waals surface area contributed by atoms with Gasteiger partial charge in [-0.15, -0.1) is 0 Å². The number of amides is 1. The van der Waals surface area contributed by atoms with Crippen molar-refractivity contribution in [3.05, 3.63) is 35.3 Å². The van der Waals surface area contributed by atoms with Crippen LogP contribution in [0.3, 0.4) is 0 Å². The van der Waals surface area contributed by atoms with E-state index in [0.717, 1.165) is 25.9 Å². The van der Waals surface area contributed by atoms with Gasteiger partial charge in [0.25, 0.3) is 5.69 Å². The highest BCUT2D eigenvalue weighted by Gasteiger charge is 2.58. The predicted molar refractivity (Wildman–Crippen MR) is 86.8 cm³/mol. The summed E-state index contributed by atoms with van der Waals surface area (Å²) >= 11 is 0. The van der Waals surface area contributed by atoms with E-state index in [1.807, 2.05) is 14.0 Å². The fourth-order valence-electron chi connectivity index (χ4n) is 4.49. The highest BCUT2D eigenvalue weighted by Crippen LogP contribution is 2.55. The van der Waals surface area contributed by atoms with Crippen LogP contribution in [0.5, 0.6) is 0 Å². The van der Waals surface area contributed by atoms with Crippen LogP contribution in [-0.4, -0.2) is 36.6 Å². The van der Waals surface area contributed by atoms with Crippen molar-refractivity contribution in [1.29, 1.82) is 0 Å². The molecule has 0 bridgehead atoms. The largest absolute Gasteiger partial charge is 0.618 e. The van der Waals surface area contributed by atoms with Gasteiger partial charge in [0.1, 0.15) is 0 Å². The van der Waals surface area contributed by atoms with Crippen LogP contribution in [0.25, 0.3) is 0 Å². The zero-order chi connectivity index (χ0) is 16.4. The summed E-state index contributed by atoms with van der Waals surface area (Å²) in [6, 6.07) is 5.14. The molecule has 5 heteroatoms. The molecular formula is C18H26N2O3. The summed E-state index contributed by atoms with van der Waals surface area (Å²) in [5.74, 6) is -0.189. The van der Waals surface area contributed by atoms with Crippen LogP contribution in [0, 0.1) is 10.6 Å². The Balaban J connectivity index is 1.80. The minimum Gasteiger partial charge on any atom is -0.618 e. The fraction of sp³-hybridized carbons (Fsp3) is 0.667. The van der Waals surface area contributed by atoms with Gasteiger partial charge in [0.15, 0.2) is 6.20 Å². The van der Waals surface area contributed by atoms with Crippen molar-refractivity contribution in [2.24, 2.45) is 5.41 Å². The van der Waals surface area contributed by atoms with Gasteiger partial charge in [0, 0.05) is 37.2 Å². The Morgan fingerprint density at radius 1 is 1.39 bits per heavy atom. The van der Waals surface area contributed by atoms with Crippen molar-refractivity contribution in [3.8, 4) is 0 Å². The third-order valence-corrected chi connectivity index (χ3v) is 5.73. The molecule has 0 unspecified atom stereocenters. The SMILES string of the molecule is CCO[C@H]1C[C@H](N(C)C(=O)c2cccc[n+]2[O-])C12CCCCC2. The lowest BCUT2D eigenvalue weighted by Gasteiger charge is -2.59. The number of hydrogen-bond donors (Lipinski definition) is 0. The van der Waals surface area contributed by atoms with E-state index in [1.165, 1.54) is 25.5 Å². The molecule has 1 amide bonds. The van der Waals surface area contributed by atoms with Gasteiger partial charge in [-0.2, -0.15) is 4.73 Å². The Hall–Kier alpha value is -1.62. The van der Waals surface area contributed by atoms with E-state index in [9.17, 15) is 10.0 Å². The van der Waals surface area contributed by atoms with Gasteiger partial charge in [-0.05, 0) is 32.3 Å². The Morgan fingerprint density at radius 2 is 2.13 bits per heavy atom. The molecule has 1 spiro atoms. The number of nitrogens with zero attached hydrogens (tertiary/aromatic N) is 2. The molecule has 2 saturated carbocycles. The molecular weight excluding hydrogens is 292 g/mol. The number of ether oxygens (including phenoxy) is 1. The van der Waals surface area contributed by atoms with E-state index < -0.39 is 0 Å². The number of aromatic nitrogens is 1. The van der Waals surface area contributed by atoms with Gasteiger partial charge < -0.3 is 14.8 Å². The number of carbonyl (C=O) groups is 1. The van der Waals surface area contributed by atoms with Crippen molar-refractivity contribution in [2.45, 2.75) is 57.6 Å². The van der Waals surface area contributed by atoms with Crippen LogP contribution in [0.15, 0.2) is 24.4 Å². The third-order valence-electron chi connectivity index (χ3n) is 5.73. The minimum atomic E-state index is -0.189. The van der Waals surface area contributed by atoms with E-state index in [0.29, 0.717) is 4.73 Å². The number of hydrogen-bond acceptors (Lipinski definition) is 3. The number of rotatable bonds is 4. The van der Waals surface area contributed by atoms with Crippen molar-refractivity contribution in [2.75, 3.05) is 13.7 Å². The maximum Gasteiger partial charge on any atom is 0.319 e. The van der Waals surface area contributed by atoms with Gasteiger partial charge in [-0.25, -0.2) is 0 Å². The van der Waals surface area contributed by atoms with Crippen LogP contribution in [0.1, 0.15) is 55.9 Å². The Kier molecular flexibility index (Phi) is 4.57. The second-order valence-electron chi connectivity index (χ2n) is 6.82. The highest BCUT2D eigenvalue weighted by molar-refractivity contribution is 5.91. The normalized spacial score (nSPS) is 25.8. The lowest BCUT2D eigenvalue weighted by Crippen LogP contribution is -2.66. The highest BCUT2D eigenvalue weighted by atomic mass is 16.5. The summed E-state index contributed by atoms with van der Waals surface area (Å²) in [6.07, 6.45) is 8.42. The lowest BCUT2D eigenvalue weighted by atomic mass is 9.54. The van der Waals surface area contributed by atoms with E-state index in [1.54, 1.807) is 23.1 Å². The van der Waals surface area contributed by atoms with Gasteiger partial charge in [0.2, 0.25) is 0 Å². The molecule has 1 aromatic rings. The molecule has 0 aromatic carbocycles. The zero-order valence-corrected chi connectivity index (χ0v) is 14.0. The minimum absolute atomic E-state index is 0.0845. The van der Waals surface area contributed by atoms with Crippen LogP contribution in [0.2, 0.25) is 0 Å². The molecule has 5 nitrogen and oxygen atoms in total. The summed E-state index contributed by atoms with van der Waals surface area (Å²) in [6.45, 7) is 2.75. The van der Waals surface area contributed by atoms with Crippen LogP contribution in [0.4, 0.5) is 0 Å². The first kappa shape index (κ1) is 16.2. The average Bonchev–Trinajstić information content (AvgIpc) is 2.58. The third kappa shape index (κ3) is 2.71. The second-order valence-corrected chi connectivity index (χ2v) is 6.82. The topological polar surface area (TPSA) is 56.5 Å². The van der Waals surface area contributed by atoms with Crippen LogP contribution < -0.4 is 4.73 Å². The standard InChI is InChI=1S/C18H26N2O3/c1-3-23-16-13-15(18(16)10-6-4-7-11-18)19(2)17(21)14-9-5-8-12-20(14)22/h5,8-9,12,15-16H,3-4,6-7,10-11,13H2,1-2H3/t15-,16-/m0/s1. The lowest BCUT2D eigenvalue weighted by molar-refractivity contribution is -0.608. The predicted octanol–water partition coefficient (Wildman–Crippen LogP) is 2.52. The maximum atomic E-state index is 12.8. The summed E-state index contributed by atoms with van der Waals surface area (Å²) in [5.41, 5.74) is 0.280. The van der Waals surface area contributed by atoms with Crippen LogP contribution >= 0.6 is 0 Å². The molecule has 1 aromatic heterocycles. The quantitative estimate of drug-likeness (QED) is 0.633. The Bertz CT molecular complexity index is 569. The van der Waals surface area contributed by atoms with Crippen LogP contribution in [-0.2, 0) is 4.74 Å². The summed E-state index contributed by atoms with van der Waals surface area (Å²) in [5, 5.41) is 11.9. The first-order valence-electron chi connectivity index (χ1n) is 8.67. The molecule has 2 aliphatic rings. The van der Waals surface area contributed by atoms with Crippen molar-refractivity contribution in [3.63, 3.8) is 0 Å². The molecule has 0 N–H and O–H groups in total. The summed E-state index contributed by atoms with van der Waals surface area (Å²) < 4.78 is 6.61. The maximum absolute atomic E-state index is 12.8. The van der Waals surface area contributed by atoms with Gasteiger partial charge in [-0.1, -0.05) is 19.3 Å². The van der Waals surface area contributed by atoms with E-state index in [-0.39, 0.29) is 29.2 Å². The monoisotopic (exact) mass is 318 g/mol. The van der Waals surface area contributed by atoms with E-state index >= 15 is 0 Å².